The van der Waals surface area contributed by atoms with Crippen molar-refractivity contribution in [2.24, 2.45) is 16.1 Å². The second-order valence-corrected chi connectivity index (χ2v) is 23.4. The second-order valence-electron chi connectivity index (χ2n) is 21.4. The van der Waals surface area contributed by atoms with Crippen LogP contribution >= 0.6 is 22.7 Å². The predicted molar refractivity (Wildman–Crippen MR) is 368 cm³/mol. The number of nitrogens with zero attached hydrogens (tertiary/aromatic N) is 4. The van der Waals surface area contributed by atoms with E-state index in [0.717, 1.165) is 80.2 Å². The van der Waals surface area contributed by atoms with Gasteiger partial charge in [-0.2, -0.15) is 10.2 Å². The minimum atomic E-state index is -0.859. The maximum atomic E-state index is 13.0. The summed E-state index contributed by atoms with van der Waals surface area (Å²) in [7, 11) is 0. The van der Waals surface area contributed by atoms with E-state index in [1.54, 1.807) is 48.8 Å². The zero-order chi connectivity index (χ0) is 65.7. The molecule has 8 aromatic rings. The molecule has 0 saturated heterocycles. The molecule has 2 aromatic heterocycles. The Bertz CT molecular complexity index is 3900. The van der Waals surface area contributed by atoms with Gasteiger partial charge in [0, 0.05) is 41.5 Å². The van der Waals surface area contributed by atoms with Crippen LogP contribution in [0.4, 0.5) is 10.3 Å². The van der Waals surface area contributed by atoms with E-state index in [-0.39, 0.29) is 26.4 Å². The molecule has 0 aliphatic heterocycles. The van der Waals surface area contributed by atoms with Crippen LogP contribution in [0, 0.1) is 5.92 Å². The van der Waals surface area contributed by atoms with Crippen molar-refractivity contribution in [3.05, 3.63) is 218 Å². The fourth-order valence-corrected chi connectivity index (χ4v) is 11.6. The van der Waals surface area contributed by atoms with E-state index in [2.05, 4.69) is 108 Å². The monoisotopic (exact) mass is 1290 g/mol. The van der Waals surface area contributed by atoms with E-state index in [0.29, 0.717) is 44.6 Å². The van der Waals surface area contributed by atoms with Crippen LogP contribution in [-0.4, -0.2) is 90.9 Å². The number of anilines is 2. The maximum absolute atomic E-state index is 13.0. The standard InChI is InChI=1S/C41H37N3O7S.C32H37N3O5S/c1-4-9-28-12-17-30(18-13-28)31-19-22-36(32(24-31)25-42-44-41-43-35-10-7-8-11-37(35)52-41)51-40(47)23-16-29-14-20-33(21-15-29)48-26-34(50-39(46)6-3)27-49-38(45)5-2;1-4-9-22-12-14-23(15-13-22)24-16-17-28(38-20-26(40-31(37)6-3)21-39-30(36)5-2)25(18-24)19-33-35-32-34-27-10-7-8-11-29(27)41-32/h5-8,10-25,34H,2-4,9,26-27H2,1H3,(H,43,44);5-8,10-11,16-19,22-23,26H,2-4,9,12-15,20-21H2,1H3,(H,34,35)/b23-16+,42-25+;33-19+. The van der Waals surface area contributed by atoms with Crippen LogP contribution in [0.15, 0.2) is 200 Å². The Labute approximate surface area is 549 Å². The van der Waals surface area contributed by atoms with Crippen molar-refractivity contribution in [2.45, 2.75) is 83.3 Å². The van der Waals surface area contributed by atoms with Crippen LogP contribution in [0.2, 0.25) is 0 Å². The summed E-state index contributed by atoms with van der Waals surface area (Å²) < 4.78 is 40.3. The van der Waals surface area contributed by atoms with Crippen molar-refractivity contribution in [3.63, 3.8) is 0 Å². The van der Waals surface area contributed by atoms with Gasteiger partial charge in [0.1, 0.15) is 43.7 Å². The first-order valence-corrected chi connectivity index (χ1v) is 32.1. The molecule has 1 saturated carbocycles. The summed E-state index contributed by atoms with van der Waals surface area (Å²) in [6, 6.07) is 42.8. The third kappa shape index (κ3) is 21.7. The third-order valence-corrected chi connectivity index (χ3v) is 16.5. The number of ether oxygens (including phenoxy) is 7. The predicted octanol–water partition coefficient (Wildman–Crippen LogP) is 15.2. The second kappa shape index (κ2) is 35.9. The summed E-state index contributed by atoms with van der Waals surface area (Å²) in [5, 5.41) is 10.2. The van der Waals surface area contributed by atoms with Gasteiger partial charge in [0.2, 0.25) is 10.3 Å². The van der Waals surface area contributed by atoms with E-state index >= 15 is 0 Å². The first kappa shape index (κ1) is 68.6. The fourth-order valence-electron chi connectivity index (χ4n) is 9.95. The van der Waals surface area contributed by atoms with Gasteiger partial charge in [-0.1, -0.05) is 155 Å². The molecule has 2 atom stereocenters. The van der Waals surface area contributed by atoms with Crippen molar-refractivity contribution < 1.29 is 57.1 Å². The Balaban J connectivity index is 0.000000246. The molecule has 2 unspecified atom stereocenters. The van der Waals surface area contributed by atoms with Crippen LogP contribution in [0.3, 0.4) is 0 Å². The van der Waals surface area contributed by atoms with Crippen molar-refractivity contribution in [2.75, 3.05) is 37.3 Å². The number of thiazole rings is 2. The number of hydrogen-bond acceptors (Lipinski definition) is 20. The SMILES string of the molecule is C=CC(=O)OCC(COc1ccc(/C=C/C(=O)Oc2ccc(-c3ccc(CCC)cc3)cc2/C=N/Nc2nc3ccccc3s2)cc1)OC(=O)C=C.C=CC(=O)OCC(COc1ccc(C2CCC(CCC)CC2)cc1/C=N/Nc1nc2ccccc2s1)OC(=O)C=C. The molecular weight excluding hydrogens is 1220 g/mol. The summed E-state index contributed by atoms with van der Waals surface area (Å²) in [5.74, 6) is -0.469. The number of benzene rings is 6. The number of para-hydroxylation sites is 2. The number of aromatic nitrogens is 2. The summed E-state index contributed by atoms with van der Waals surface area (Å²) in [4.78, 5) is 68.6. The molecule has 2 N–H and O–H groups in total. The molecule has 2 heterocycles. The molecule has 0 amide bonds. The number of nitrogens with one attached hydrogen (secondary N) is 2. The first-order valence-electron chi connectivity index (χ1n) is 30.5. The molecule has 0 bridgehead atoms. The molecule has 18 nitrogen and oxygen atoms in total. The smallest absolute Gasteiger partial charge is 0.336 e. The van der Waals surface area contributed by atoms with Crippen LogP contribution < -0.4 is 25.1 Å². The Hall–Kier alpha value is -10.3. The van der Waals surface area contributed by atoms with Gasteiger partial charge in [0.05, 0.1) is 32.9 Å². The lowest BCUT2D eigenvalue weighted by molar-refractivity contribution is -0.154. The highest BCUT2D eigenvalue weighted by Crippen LogP contribution is 2.39. The lowest BCUT2D eigenvalue weighted by Gasteiger charge is -2.29. The number of fused-ring (bicyclic) bond motifs is 2. The highest BCUT2D eigenvalue weighted by Gasteiger charge is 2.24. The van der Waals surface area contributed by atoms with E-state index in [1.165, 1.54) is 78.4 Å². The third-order valence-electron chi connectivity index (χ3n) is 14.6. The zero-order valence-electron chi connectivity index (χ0n) is 51.9. The highest BCUT2D eigenvalue weighted by atomic mass is 32.1. The van der Waals surface area contributed by atoms with Gasteiger partial charge in [0.15, 0.2) is 12.2 Å². The van der Waals surface area contributed by atoms with Gasteiger partial charge in [-0.25, -0.2) is 33.9 Å². The fraction of sp³-hybridized carbons (Fsp3) is 0.247. The van der Waals surface area contributed by atoms with Gasteiger partial charge in [-0.05, 0) is 138 Å². The average Bonchev–Trinajstić information content (AvgIpc) is 2.30. The molecule has 0 radical (unpaired) electrons. The molecule has 93 heavy (non-hydrogen) atoms. The van der Waals surface area contributed by atoms with E-state index in [4.69, 9.17) is 33.2 Å². The van der Waals surface area contributed by atoms with E-state index in [1.807, 2.05) is 66.7 Å². The molecule has 0 spiro atoms. The Morgan fingerprint density at radius 3 is 1.66 bits per heavy atom. The lowest BCUT2D eigenvalue weighted by atomic mass is 9.77. The molecule has 1 fully saturated rings. The summed E-state index contributed by atoms with van der Waals surface area (Å²) in [5.41, 5.74) is 14.4. The number of esters is 5. The summed E-state index contributed by atoms with van der Waals surface area (Å²) in [6.45, 7) is 17.5. The molecule has 1 aliphatic carbocycles. The van der Waals surface area contributed by atoms with Crippen molar-refractivity contribution in [1.82, 2.24) is 9.97 Å². The topological polar surface area (TPSA) is 225 Å². The number of carbonyl (C=O) groups is 5. The van der Waals surface area contributed by atoms with Gasteiger partial charge in [-0.15, -0.1) is 0 Å². The van der Waals surface area contributed by atoms with Crippen molar-refractivity contribution in [1.29, 1.82) is 0 Å². The van der Waals surface area contributed by atoms with E-state index < -0.39 is 42.1 Å². The molecule has 20 heteroatoms. The Morgan fingerprint density at radius 2 is 1.11 bits per heavy atom. The van der Waals surface area contributed by atoms with Crippen molar-refractivity contribution in [3.8, 4) is 28.4 Å². The number of carbonyl (C=O) groups excluding carboxylic acids is 5. The number of rotatable bonds is 31. The average molecular weight is 1290 g/mol. The van der Waals surface area contributed by atoms with Gasteiger partial charge < -0.3 is 33.2 Å². The van der Waals surface area contributed by atoms with E-state index in [9.17, 15) is 24.0 Å². The Kier molecular flexibility index (Phi) is 26.5. The molecule has 480 valence electrons. The lowest BCUT2D eigenvalue weighted by Crippen LogP contribution is -2.30. The summed E-state index contributed by atoms with van der Waals surface area (Å²) in [6.07, 6.45) is 18.2. The molecule has 6 aromatic carbocycles. The zero-order valence-corrected chi connectivity index (χ0v) is 53.6. The Morgan fingerprint density at radius 1 is 0.570 bits per heavy atom. The van der Waals surface area contributed by atoms with Crippen LogP contribution in [0.25, 0.3) is 37.6 Å². The van der Waals surface area contributed by atoms with Gasteiger partial charge in [-0.3, -0.25) is 10.9 Å². The molecular formula is C73H74N6O12S2. The van der Waals surface area contributed by atoms with Crippen molar-refractivity contribution >= 4 is 102 Å². The molecule has 1 aliphatic rings. The first-order chi connectivity index (χ1) is 45.3. The van der Waals surface area contributed by atoms with Crippen LogP contribution in [0.5, 0.6) is 17.2 Å². The van der Waals surface area contributed by atoms with Crippen LogP contribution in [0.1, 0.15) is 92.5 Å². The summed E-state index contributed by atoms with van der Waals surface area (Å²) >= 11 is 3.02. The van der Waals surface area contributed by atoms with Gasteiger partial charge >= 0.3 is 29.8 Å². The van der Waals surface area contributed by atoms with Crippen LogP contribution in [-0.2, 0) is 49.3 Å². The normalized spacial score (nSPS) is 14.3. The maximum Gasteiger partial charge on any atom is 0.336 e. The minimum absolute atomic E-state index is 0.0301. The van der Waals surface area contributed by atoms with Gasteiger partial charge in [0.25, 0.3) is 0 Å². The highest BCUT2D eigenvalue weighted by molar-refractivity contribution is 7.22. The quantitative estimate of drug-likeness (QED) is 0.0103. The number of hydrogen-bond donors (Lipinski definition) is 2. The number of hydrazone groups is 2. The number of aryl methyl sites for hydroxylation is 1. The molecule has 9 rings (SSSR count). The largest absolute Gasteiger partial charge is 0.490 e. The minimum Gasteiger partial charge on any atom is -0.490 e.